The van der Waals surface area contributed by atoms with Crippen LogP contribution in [0.1, 0.15) is 11.1 Å². The van der Waals surface area contributed by atoms with Crippen LogP contribution in [0.4, 0.5) is 8.78 Å². The van der Waals surface area contributed by atoms with E-state index in [0.717, 1.165) is 12.1 Å². The first kappa shape index (κ1) is 14.3. The quantitative estimate of drug-likeness (QED) is 0.789. The Hall–Kier alpha value is -1.75. The van der Waals surface area contributed by atoms with E-state index in [0.29, 0.717) is 13.2 Å². The van der Waals surface area contributed by atoms with E-state index in [1.165, 1.54) is 13.2 Å². The van der Waals surface area contributed by atoms with Crippen LogP contribution in [0, 0.1) is 11.6 Å². The lowest BCUT2D eigenvalue weighted by Crippen LogP contribution is -2.28. The van der Waals surface area contributed by atoms with E-state index in [1.807, 2.05) is 0 Å². The number of hydrogen-bond acceptors (Lipinski definition) is 2. The number of rotatable bonds is 6. The van der Waals surface area contributed by atoms with E-state index in [9.17, 15) is 13.6 Å². The van der Waals surface area contributed by atoms with Crippen molar-refractivity contribution in [3.63, 3.8) is 0 Å². The Bertz CT molecular complexity index is 447. The summed E-state index contributed by atoms with van der Waals surface area (Å²) in [6.07, 6.45) is 1.02. The summed E-state index contributed by atoms with van der Waals surface area (Å²) >= 11 is 0. The zero-order valence-corrected chi connectivity index (χ0v) is 10.1. The maximum Gasteiger partial charge on any atom is 0.224 e. The molecule has 0 heterocycles. The van der Waals surface area contributed by atoms with Crippen LogP contribution in [0.3, 0.4) is 0 Å². The molecule has 0 aliphatic heterocycles. The number of ether oxygens (including phenoxy) is 1. The molecular formula is C13H15F2NO2. The smallest absolute Gasteiger partial charge is 0.224 e. The third-order valence-corrected chi connectivity index (χ3v) is 2.36. The summed E-state index contributed by atoms with van der Waals surface area (Å²) < 4.78 is 31.7. The van der Waals surface area contributed by atoms with Gasteiger partial charge >= 0.3 is 0 Å². The molecule has 0 radical (unpaired) electrons. The molecule has 1 aromatic rings. The topological polar surface area (TPSA) is 38.3 Å². The minimum Gasteiger partial charge on any atom is -0.383 e. The van der Waals surface area contributed by atoms with Gasteiger partial charge in [-0.15, -0.1) is 0 Å². The van der Waals surface area contributed by atoms with E-state index in [2.05, 4.69) is 11.9 Å². The van der Waals surface area contributed by atoms with Crippen LogP contribution in [-0.2, 0) is 16.0 Å². The number of halogens is 2. The standard InChI is InChI=1S/C13H15F2NO2/c1-3-9-6-12(15)10(7-11(9)14)8-13(17)16-4-5-18-2/h3,6-7H,1,4-5,8H2,2H3,(H,16,17). The molecule has 1 amide bonds. The molecule has 5 heteroatoms. The predicted molar refractivity (Wildman–Crippen MR) is 65.0 cm³/mol. The normalized spacial score (nSPS) is 10.2. The molecule has 0 unspecified atom stereocenters. The highest BCUT2D eigenvalue weighted by atomic mass is 19.1. The minimum absolute atomic E-state index is 0.0213. The van der Waals surface area contributed by atoms with Crippen molar-refractivity contribution in [1.29, 1.82) is 0 Å². The Balaban J connectivity index is 2.70. The van der Waals surface area contributed by atoms with Gasteiger partial charge in [-0.25, -0.2) is 8.78 Å². The fourth-order valence-electron chi connectivity index (χ4n) is 1.42. The van der Waals surface area contributed by atoms with Gasteiger partial charge in [-0.05, 0) is 12.1 Å². The van der Waals surface area contributed by atoms with Crippen LogP contribution >= 0.6 is 0 Å². The molecular weight excluding hydrogens is 240 g/mol. The summed E-state index contributed by atoms with van der Waals surface area (Å²) in [7, 11) is 1.51. The molecule has 0 aliphatic carbocycles. The van der Waals surface area contributed by atoms with Crippen LogP contribution in [0.5, 0.6) is 0 Å². The first-order valence-corrected chi connectivity index (χ1v) is 5.44. The van der Waals surface area contributed by atoms with Crippen molar-refractivity contribution in [2.45, 2.75) is 6.42 Å². The van der Waals surface area contributed by atoms with Gasteiger partial charge in [0.1, 0.15) is 11.6 Å². The number of hydrogen-bond donors (Lipinski definition) is 1. The SMILES string of the molecule is C=Cc1cc(F)c(CC(=O)NCCOC)cc1F. The molecule has 1 N–H and O–H groups in total. The first-order chi connectivity index (χ1) is 8.58. The minimum atomic E-state index is -0.617. The zero-order chi connectivity index (χ0) is 13.5. The van der Waals surface area contributed by atoms with E-state index in [1.54, 1.807) is 0 Å². The average Bonchev–Trinajstić information content (AvgIpc) is 2.33. The molecule has 18 heavy (non-hydrogen) atoms. The summed E-state index contributed by atoms with van der Waals surface area (Å²) in [6.45, 7) is 4.08. The Morgan fingerprint density at radius 3 is 2.78 bits per heavy atom. The monoisotopic (exact) mass is 255 g/mol. The molecule has 3 nitrogen and oxygen atoms in total. The number of nitrogens with one attached hydrogen (secondary N) is 1. The Kier molecular flexibility index (Phi) is 5.45. The summed E-state index contributed by atoms with van der Waals surface area (Å²) in [5.74, 6) is -1.59. The molecule has 0 spiro atoms. The van der Waals surface area contributed by atoms with Crippen molar-refractivity contribution >= 4 is 12.0 Å². The molecule has 1 rings (SSSR count). The molecule has 0 atom stereocenters. The van der Waals surface area contributed by atoms with Gasteiger partial charge < -0.3 is 10.1 Å². The van der Waals surface area contributed by atoms with Gasteiger partial charge in [0.2, 0.25) is 5.91 Å². The summed E-state index contributed by atoms with van der Waals surface area (Å²) in [4.78, 5) is 11.4. The fourth-order valence-corrected chi connectivity index (χ4v) is 1.42. The number of methoxy groups -OCH3 is 1. The van der Waals surface area contributed by atoms with Gasteiger partial charge in [0, 0.05) is 24.8 Å². The van der Waals surface area contributed by atoms with Crippen LogP contribution in [0.15, 0.2) is 18.7 Å². The molecule has 98 valence electrons. The highest BCUT2D eigenvalue weighted by Crippen LogP contribution is 2.16. The van der Waals surface area contributed by atoms with Crippen molar-refractivity contribution in [3.05, 3.63) is 41.5 Å². The van der Waals surface area contributed by atoms with Gasteiger partial charge in [0.05, 0.1) is 13.0 Å². The molecule has 0 bridgehead atoms. The highest BCUT2D eigenvalue weighted by Gasteiger charge is 2.11. The predicted octanol–water partition coefficient (Wildman–Crippen LogP) is 1.91. The number of amides is 1. The van der Waals surface area contributed by atoms with E-state index in [-0.39, 0.29) is 23.5 Å². The van der Waals surface area contributed by atoms with Crippen LogP contribution in [-0.4, -0.2) is 26.2 Å². The first-order valence-electron chi connectivity index (χ1n) is 5.44. The zero-order valence-electron chi connectivity index (χ0n) is 10.1. The second-order valence-corrected chi connectivity index (χ2v) is 3.69. The second-order valence-electron chi connectivity index (χ2n) is 3.69. The van der Waals surface area contributed by atoms with Crippen LogP contribution in [0.2, 0.25) is 0 Å². The summed E-state index contributed by atoms with van der Waals surface area (Å²) in [5, 5.41) is 2.53. The van der Waals surface area contributed by atoms with Gasteiger partial charge in [0.15, 0.2) is 0 Å². The molecule has 0 saturated carbocycles. The van der Waals surface area contributed by atoms with Crippen molar-refractivity contribution in [2.75, 3.05) is 20.3 Å². The van der Waals surface area contributed by atoms with E-state index >= 15 is 0 Å². The lowest BCUT2D eigenvalue weighted by atomic mass is 10.1. The van der Waals surface area contributed by atoms with Crippen molar-refractivity contribution < 1.29 is 18.3 Å². The Labute approximate surface area is 104 Å². The van der Waals surface area contributed by atoms with Gasteiger partial charge in [-0.3, -0.25) is 4.79 Å². The maximum absolute atomic E-state index is 13.5. The van der Waals surface area contributed by atoms with Crippen LogP contribution in [0.25, 0.3) is 6.08 Å². The van der Waals surface area contributed by atoms with Crippen molar-refractivity contribution in [2.24, 2.45) is 0 Å². The van der Waals surface area contributed by atoms with Gasteiger partial charge in [0.25, 0.3) is 0 Å². The Morgan fingerprint density at radius 1 is 1.44 bits per heavy atom. The van der Waals surface area contributed by atoms with Gasteiger partial charge in [-0.2, -0.15) is 0 Å². The number of benzene rings is 1. The lowest BCUT2D eigenvalue weighted by molar-refractivity contribution is -0.120. The third kappa shape index (κ3) is 3.92. The van der Waals surface area contributed by atoms with Gasteiger partial charge in [-0.1, -0.05) is 12.7 Å². The van der Waals surface area contributed by atoms with E-state index < -0.39 is 11.6 Å². The molecule has 0 fully saturated rings. The summed E-state index contributed by atoms with van der Waals surface area (Å²) in [5.41, 5.74) is 0.101. The maximum atomic E-state index is 13.5. The third-order valence-electron chi connectivity index (χ3n) is 2.36. The van der Waals surface area contributed by atoms with E-state index in [4.69, 9.17) is 4.74 Å². The fraction of sp³-hybridized carbons (Fsp3) is 0.308. The molecule has 1 aromatic carbocycles. The molecule has 0 saturated heterocycles. The van der Waals surface area contributed by atoms with Crippen LogP contribution < -0.4 is 5.32 Å². The largest absolute Gasteiger partial charge is 0.383 e. The molecule has 0 aromatic heterocycles. The highest BCUT2D eigenvalue weighted by molar-refractivity contribution is 5.78. The molecule has 0 aliphatic rings. The number of carbonyl (C=O) groups is 1. The number of carbonyl (C=O) groups excluding carboxylic acids is 1. The Morgan fingerprint density at radius 2 is 2.17 bits per heavy atom. The lowest BCUT2D eigenvalue weighted by Gasteiger charge is -2.07. The average molecular weight is 255 g/mol. The summed E-state index contributed by atoms with van der Waals surface area (Å²) in [6, 6.07) is 2.04. The second kappa shape index (κ2) is 6.86. The van der Waals surface area contributed by atoms with Crippen molar-refractivity contribution in [3.8, 4) is 0 Å². The van der Waals surface area contributed by atoms with Crippen molar-refractivity contribution in [1.82, 2.24) is 5.32 Å².